The molecule has 0 saturated carbocycles. The Labute approximate surface area is 132 Å². The van der Waals surface area contributed by atoms with Gasteiger partial charge in [0.15, 0.2) is 0 Å². The lowest BCUT2D eigenvalue weighted by molar-refractivity contribution is 0.601. The second-order valence-corrected chi connectivity index (χ2v) is 7.29. The second kappa shape index (κ2) is 5.78. The average Bonchev–Trinajstić information content (AvgIpc) is 2.34. The standard InChI is InChI=1S/C11H7Br2ClN2O2S/c12-8-2-1-3-9(13)11(8)16-19(17,18)7-4-5-15-10(14)6-7/h1-6,16H. The van der Waals surface area contributed by atoms with Gasteiger partial charge in [-0.2, -0.15) is 0 Å². The van der Waals surface area contributed by atoms with Gasteiger partial charge in [0.2, 0.25) is 0 Å². The van der Waals surface area contributed by atoms with Crippen LogP contribution in [0.15, 0.2) is 50.4 Å². The van der Waals surface area contributed by atoms with Crippen molar-refractivity contribution in [3.8, 4) is 0 Å². The van der Waals surface area contributed by atoms with E-state index >= 15 is 0 Å². The molecule has 1 aromatic carbocycles. The van der Waals surface area contributed by atoms with Crippen LogP contribution in [0.3, 0.4) is 0 Å². The maximum atomic E-state index is 12.2. The molecule has 4 nitrogen and oxygen atoms in total. The highest BCUT2D eigenvalue weighted by molar-refractivity contribution is 9.11. The number of hydrogen-bond donors (Lipinski definition) is 1. The third-order valence-corrected chi connectivity index (χ3v) is 5.08. The van der Waals surface area contributed by atoms with Crippen LogP contribution in [0.1, 0.15) is 0 Å². The first-order chi connectivity index (χ1) is 8.90. The number of para-hydroxylation sites is 1. The van der Waals surface area contributed by atoms with E-state index in [0.29, 0.717) is 14.6 Å². The Kier molecular flexibility index (Phi) is 4.50. The summed E-state index contributed by atoms with van der Waals surface area (Å²) in [6, 6.07) is 7.92. The zero-order chi connectivity index (χ0) is 14.0. The van der Waals surface area contributed by atoms with E-state index in [1.165, 1.54) is 18.3 Å². The number of halogens is 3. The van der Waals surface area contributed by atoms with E-state index in [0.717, 1.165) is 0 Å². The van der Waals surface area contributed by atoms with E-state index < -0.39 is 10.0 Å². The van der Waals surface area contributed by atoms with Crippen molar-refractivity contribution in [2.24, 2.45) is 0 Å². The summed E-state index contributed by atoms with van der Waals surface area (Å²) in [4.78, 5) is 3.80. The number of nitrogens with one attached hydrogen (secondary N) is 1. The van der Waals surface area contributed by atoms with E-state index in [2.05, 4.69) is 41.6 Å². The van der Waals surface area contributed by atoms with Gasteiger partial charge >= 0.3 is 0 Å². The molecule has 0 radical (unpaired) electrons. The average molecular weight is 427 g/mol. The van der Waals surface area contributed by atoms with Gasteiger partial charge in [-0.3, -0.25) is 4.72 Å². The molecule has 19 heavy (non-hydrogen) atoms. The molecular formula is C11H7Br2ClN2O2S. The summed E-state index contributed by atoms with van der Waals surface area (Å²) in [6.45, 7) is 0. The van der Waals surface area contributed by atoms with Crippen molar-refractivity contribution < 1.29 is 8.42 Å². The summed E-state index contributed by atoms with van der Waals surface area (Å²) in [7, 11) is -3.72. The lowest BCUT2D eigenvalue weighted by Gasteiger charge is -2.11. The number of benzene rings is 1. The fourth-order valence-corrected chi connectivity index (χ4v) is 4.15. The molecule has 1 N–H and O–H groups in total. The van der Waals surface area contributed by atoms with E-state index in [1.807, 2.05) is 0 Å². The number of anilines is 1. The monoisotopic (exact) mass is 424 g/mol. The molecule has 0 aliphatic rings. The molecule has 0 atom stereocenters. The van der Waals surface area contributed by atoms with E-state index in [1.54, 1.807) is 18.2 Å². The normalized spacial score (nSPS) is 11.3. The number of pyridine rings is 1. The second-order valence-electron chi connectivity index (χ2n) is 3.52. The van der Waals surface area contributed by atoms with Gasteiger partial charge in [0.25, 0.3) is 10.0 Å². The van der Waals surface area contributed by atoms with Crippen LogP contribution in [0, 0.1) is 0 Å². The van der Waals surface area contributed by atoms with Crippen LogP contribution in [-0.2, 0) is 10.0 Å². The number of nitrogens with zero attached hydrogens (tertiary/aromatic N) is 1. The van der Waals surface area contributed by atoms with Gasteiger partial charge < -0.3 is 0 Å². The van der Waals surface area contributed by atoms with Crippen molar-refractivity contribution in [2.75, 3.05) is 4.72 Å². The zero-order valence-corrected chi connectivity index (χ0v) is 14.0. The summed E-state index contributed by atoms with van der Waals surface area (Å²) in [5.41, 5.74) is 0.426. The van der Waals surface area contributed by atoms with Crippen LogP contribution in [-0.4, -0.2) is 13.4 Å². The number of rotatable bonds is 3. The minimum absolute atomic E-state index is 0.0511. The molecule has 0 fully saturated rings. The quantitative estimate of drug-likeness (QED) is 0.753. The molecule has 8 heteroatoms. The van der Waals surface area contributed by atoms with Crippen molar-refractivity contribution in [1.82, 2.24) is 4.98 Å². The van der Waals surface area contributed by atoms with Gasteiger partial charge in [-0.15, -0.1) is 0 Å². The Hall–Kier alpha value is -0.630. The molecular weight excluding hydrogens is 419 g/mol. The van der Waals surface area contributed by atoms with Crippen molar-refractivity contribution >= 4 is 59.2 Å². The lowest BCUT2D eigenvalue weighted by atomic mass is 10.3. The van der Waals surface area contributed by atoms with Gasteiger partial charge in [0.1, 0.15) is 5.15 Å². The topological polar surface area (TPSA) is 59.1 Å². The first kappa shape index (κ1) is 14.8. The summed E-state index contributed by atoms with van der Waals surface area (Å²) >= 11 is 12.3. The molecule has 1 heterocycles. The van der Waals surface area contributed by atoms with Crippen molar-refractivity contribution in [1.29, 1.82) is 0 Å². The minimum atomic E-state index is -3.72. The molecule has 2 aromatic rings. The van der Waals surface area contributed by atoms with Gasteiger partial charge in [-0.25, -0.2) is 13.4 Å². The van der Waals surface area contributed by atoms with Crippen LogP contribution in [0.5, 0.6) is 0 Å². The van der Waals surface area contributed by atoms with E-state index in [-0.39, 0.29) is 10.0 Å². The van der Waals surface area contributed by atoms with Crippen LogP contribution >= 0.6 is 43.5 Å². The SMILES string of the molecule is O=S(=O)(Nc1c(Br)cccc1Br)c1ccnc(Cl)c1. The maximum Gasteiger partial charge on any atom is 0.262 e. The Morgan fingerprint density at radius 2 is 1.79 bits per heavy atom. The van der Waals surface area contributed by atoms with Crippen LogP contribution in [0.25, 0.3) is 0 Å². The maximum absolute atomic E-state index is 12.2. The highest BCUT2D eigenvalue weighted by Gasteiger charge is 2.17. The lowest BCUT2D eigenvalue weighted by Crippen LogP contribution is -2.13. The predicted molar refractivity (Wildman–Crippen MR) is 81.9 cm³/mol. The van der Waals surface area contributed by atoms with E-state index in [9.17, 15) is 8.42 Å². The highest BCUT2D eigenvalue weighted by Crippen LogP contribution is 2.32. The van der Waals surface area contributed by atoms with Crippen molar-refractivity contribution in [3.63, 3.8) is 0 Å². The Bertz CT molecular complexity index is 702. The summed E-state index contributed by atoms with van der Waals surface area (Å²) in [5, 5.41) is 0.120. The summed E-state index contributed by atoms with van der Waals surface area (Å²) in [5.74, 6) is 0. The van der Waals surface area contributed by atoms with Gasteiger partial charge in [0, 0.05) is 15.1 Å². The highest BCUT2D eigenvalue weighted by atomic mass is 79.9. The number of sulfonamides is 1. The molecule has 1 aromatic heterocycles. The van der Waals surface area contributed by atoms with Crippen LogP contribution < -0.4 is 4.72 Å². The molecule has 0 aliphatic carbocycles. The van der Waals surface area contributed by atoms with Gasteiger partial charge in [-0.1, -0.05) is 17.7 Å². The molecule has 0 aliphatic heterocycles. The molecule has 0 unspecified atom stereocenters. The fourth-order valence-electron chi connectivity index (χ4n) is 1.34. The predicted octanol–water partition coefficient (Wildman–Crippen LogP) is 4.06. The van der Waals surface area contributed by atoms with Crippen LogP contribution in [0.2, 0.25) is 5.15 Å². The Morgan fingerprint density at radius 3 is 2.37 bits per heavy atom. The van der Waals surface area contributed by atoms with E-state index in [4.69, 9.17) is 11.6 Å². The van der Waals surface area contributed by atoms with Crippen LogP contribution in [0.4, 0.5) is 5.69 Å². The van der Waals surface area contributed by atoms with Gasteiger partial charge in [-0.05, 0) is 56.1 Å². The molecule has 2 rings (SSSR count). The third-order valence-electron chi connectivity index (χ3n) is 2.21. The smallest absolute Gasteiger partial charge is 0.262 e. The Morgan fingerprint density at radius 1 is 1.16 bits per heavy atom. The molecule has 0 spiro atoms. The minimum Gasteiger partial charge on any atom is -0.277 e. The number of aromatic nitrogens is 1. The first-order valence-electron chi connectivity index (χ1n) is 4.98. The third kappa shape index (κ3) is 3.47. The molecule has 0 amide bonds. The summed E-state index contributed by atoms with van der Waals surface area (Å²) in [6.07, 6.45) is 1.34. The Balaban J connectivity index is 2.42. The van der Waals surface area contributed by atoms with Crippen molar-refractivity contribution in [2.45, 2.75) is 4.90 Å². The molecule has 100 valence electrons. The first-order valence-corrected chi connectivity index (χ1v) is 8.43. The zero-order valence-electron chi connectivity index (χ0n) is 9.27. The molecule has 0 bridgehead atoms. The van der Waals surface area contributed by atoms with Gasteiger partial charge in [0.05, 0.1) is 10.6 Å². The molecule has 0 saturated heterocycles. The van der Waals surface area contributed by atoms with Crippen molar-refractivity contribution in [3.05, 3.63) is 50.6 Å². The summed E-state index contributed by atoms with van der Waals surface area (Å²) < 4.78 is 28.2. The largest absolute Gasteiger partial charge is 0.277 e. The number of hydrogen-bond acceptors (Lipinski definition) is 3. The fraction of sp³-hybridized carbons (Fsp3) is 0.